The number of anilines is 1. The van der Waals surface area contributed by atoms with Crippen molar-refractivity contribution >= 4 is 34.7 Å². The number of benzene rings is 1. The number of nitrogens with zero attached hydrogens (tertiary/aromatic N) is 3. The molecule has 1 amide bonds. The summed E-state index contributed by atoms with van der Waals surface area (Å²) in [5, 5.41) is 6.11. The highest BCUT2D eigenvalue weighted by molar-refractivity contribution is 7.98. The number of carbonyl (C=O) groups is 1. The molecule has 5 nitrogen and oxygen atoms in total. The molecule has 0 fully saturated rings. The van der Waals surface area contributed by atoms with Crippen LogP contribution in [0.15, 0.2) is 65.1 Å². The zero-order valence-electron chi connectivity index (χ0n) is 17.8. The van der Waals surface area contributed by atoms with Gasteiger partial charge >= 0.3 is 0 Å². The van der Waals surface area contributed by atoms with Crippen molar-refractivity contribution in [3.63, 3.8) is 0 Å². The quantitative estimate of drug-likeness (QED) is 0.360. The molecule has 0 atom stereocenters. The Bertz CT molecular complexity index is 1180. The predicted molar refractivity (Wildman–Crippen MR) is 129 cm³/mol. The van der Waals surface area contributed by atoms with Gasteiger partial charge in [-0.15, -0.1) is 23.1 Å². The number of thioether (sulfide) groups is 1. The largest absolute Gasteiger partial charge is 0.339 e. The smallest absolute Gasteiger partial charge is 0.244 e. The Morgan fingerprint density at radius 2 is 1.97 bits per heavy atom. The van der Waals surface area contributed by atoms with Crippen molar-refractivity contribution in [2.45, 2.75) is 38.0 Å². The topological polar surface area (TPSA) is 59.8 Å². The molecular formula is C24H24N4OS2. The van der Waals surface area contributed by atoms with Crippen LogP contribution in [0.2, 0.25) is 0 Å². The minimum Gasteiger partial charge on any atom is -0.339 e. The van der Waals surface area contributed by atoms with Crippen molar-refractivity contribution < 1.29 is 4.79 Å². The zero-order chi connectivity index (χ0) is 21.8. The molecule has 3 aromatic heterocycles. The molecule has 0 saturated heterocycles. The van der Waals surface area contributed by atoms with Crippen molar-refractivity contribution in [2.75, 3.05) is 5.32 Å². The number of hydrogen-bond donors (Lipinski definition) is 1. The summed E-state index contributed by atoms with van der Waals surface area (Å²) < 4.78 is 2.04. The van der Waals surface area contributed by atoms with Crippen LogP contribution in [0.5, 0.6) is 0 Å². The van der Waals surface area contributed by atoms with Crippen molar-refractivity contribution in [2.24, 2.45) is 0 Å². The molecule has 1 aromatic carbocycles. The SMILES string of the molecule is Cc1nc(-c2cc(C)n(CC(=O)Nc3ccc(SCc4cccnc4)cc3)c2C)cs1. The lowest BCUT2D eigenvalue weighted by Gasteiger charge is -2.11. The number of nitrogens with one attached hydrogen (secondary N) is 1. The first-order valence-electron chi connectivity index (χ1n) is 10.0. The minimum absolute atomic E-state index is 0.0430. The number of aryl methyl sites for hydroxylation is 2. The highest BCUT2D eigenvalue weighted by atomic mass is 32.2. The van der Waals surface area contributed by atoms with Crippen molar-refractivity contribution in [1.29, 1.82) is 0 Å². The molecule has 0 aliphatic rings. The van der Waals surface area contributed by atoms with Gasteiger partial charge in [-0.25, -0.2) is 4.98 Å². The van der Waals surface area contributed by atoms with E-state index in [1.165, 1.54) is 5.56 Å². The second-order valence-corrected chi connectivity index (χ2v) is 9.46. The van der Waals surface area contributed by atoms with E-state index in [1.807, 2.05) is 61.9 Å². The van der Waals surface area contributed by atoms with Gasteiger partial charge in [0, 0.05) is 51.1 Å². The fourth-order valence-electron chi connectivity index (χ4n) is 3.42. The Balaban J connectivity index is 1.37. The number of rotatable bonds is 7. The van der Waals surface area contributed by atoms with Crippen LogP contribution in [-0.4, -0.2) is 20.4 Å². The van der Waals surface area contributed by atoms with Gasteiger partial charge in [0.2, 0.25) is 5.91 Å². The van der Waals surface area contributed by atoms with Gasteiger partial charge in [0.15, 0.2) is 0 Å². The fourth-order valence-corrected chi connectivity index (χ4v) is 4.87. The van der Waals surface area contributed by atoms with Gasteiger partial charge < -0.3 is 9.88 Å². The van der Waals surface area contributed by atoms with Gasteiger partial charge in [-0.2, -0.15) is 0 Å². The highest BCUT2D eigenvalue weighted by Crippen LogP contribution is 2.28. The molecule has 0 saturated carbocycles. The van der Waals surface area contributed by atoms with Crippen LogP contribution in [-0.2, 0) is 17.1 Å². The van der Waals surface area contributed by atoms with Gasteiger partial charge in [-0.1, -0.05) is 6.07 Å². The molecule has 3 heterocycles. The van der Waals surface area contributed by atoms with Gasteiger partial charge in [0.1, 0.15) is 6.54 Å². The van der Waals surface area contributed by atoms with E-state index in [2.05, 4.69) is 32.8 Å². The number of aromatic nitrogens is 3. The summed E-state index contributed by atoms with van der Waals surface area (Å²) in [6.07, 6.45) is 3.66. The second kappa shape index (κ2) is 9.49. The number of pyridine rings is 1. The third-order valence-electron chi connectivity index (χ3n) is 5.04. The molecule has 0 unspecified atom stereocenters. The van der Waals surface area contributed by atoms with Crippen LogP contribution in [0, 0.1) is 20.8 Å². The summed E-state index contributed by atoms with van der Waals surface area (Å²) in [6, 6.07) is 14.1. The first-order valence-corrected chi connectivity index (χ1v) is 11.9. The minimum atomic E-state index is -0.0430. The molecule has 158 valence electrons. The Morgan fingerprint density at radius 3 is 2.65 bits per heavy atom. The van der Waals surface area contributed by atoms with E-state index < -0.39 is 0 Å². The van der Waals surface area contributed by atoms with Gasteiger partial charge in [-0.05, 0) is 62.7 Å². The lowest BCUT2D eigenvalue weighted by Crippen LogP contribution is -2.20. The molecule has 7 heteroatoms. The molecule has 4 aromatic rings. The van der Waals surface area contributed by atoms with Crippen LogP contribution >= 0.6 is 23.1 Å². The number of amides is 1. The molecule has 0 spiro atoms. The molecule has 0 aliphatic heterocycles. The predicted octanol–water partition coefficient (Wildman–Crippen LogP) is 5.86. The Labute approximate surface area is 190 Å². The van der Waals surface area contributed by atoms with E-state index in [1.54, 1.807) is 29.3 Å². The molecular weight excluding hydrogens is 424 g/mol. The average Bonchev–Trinajstić information content (AvgIpc) is 3.32. The third-order valence-corrected chi connectivity index (χ3v) is 6.89. The van der Waals surface area contributed by atoms with Crippen LogP contribution in [0.1, 0.15) is 22.0 Å². The van der Waals surface area contributed by atoms with Crippen LogP contribution in [0.25, 0.3) is 11.3 Å². The summed E-state index contributed by atoms with van der Waals surface area (Å²) in [7, 11) is 0. The van der Waals surface area contributed by atoms with E-state index in [0.717, 1.165) is 44.0 Å². The molecule has 1 N–H and O–H groups in total. The van der Waals surface area contributed by atoms with E-state index in [0.29, 0.717) is 0 Å². The van der Waals surface area contributed by atoms with Crippen molar-refractivity contribution in [3.05, 3.63) is 82.2 Å². The maximum atomic E-state index is 12.7. The van der Waals surface area contributed by atoms with Crippen LogP contribution < -0.4 is 5.32 Å². The molecule has 0 bridgehead atoms. The Morgan fingerprint density at radius 1 is 1.16 bits per heavy atom. The highest BCUT2D eigenvalue weighted by Gasteiger charge is 2.15. The summed E-state index contributed by atoms with van der Waals surface area (Å²) >= 11 is 3.39. The van der Waals surface area contributed by atoms with Gasteiger partial charge in [0.25, 0.3) is 0 Å². The van der Waals surface area contributed by atoms with E-state index >= 15 is 0 Å². The summed E-state index contributed by atoms with van der Waals surface area (Å²) in [5.74, 6) is 0.825. The van der Waals surface area contributed by atoms with E-state index in [-0.39, 0.29) is 12.5 Å². The van der Waals surface area contributed by atoms with Crippen molar-refractivity contribution in [1.82, 2.24) is 14.5 Å². The first kappa shape index (κ1) is 21.3. The fraction of sp³-hybridized carbons (Fsp3) is 0.208. The maximum absolute atomic E-state index is 12.7. The number of hydrogen-bond acceptors (Lipinski definition) is 5. The second-order valence-electron chi connectivity index (χ2n) is 7.35. The lowest BCUT2D eigenvalue weighted by molar-refractivity contribution is -0.116. The number of carbonyl (C=O) groups excluding carboxylic acids is 1. The van der Waals surface area contributed by atoms with Crippen LogP contribution in [0.4, 0.5) is 5.69 Å². The Hall–Kier alpha value is -2.90. The van der Waals surface area contributed by atoms with Crippen molar-refractivity contribution in [3.8, 4) is 11.3 Å². The van der Waals surface area contributed by atoms with Gasteiger partial charge in [-0.3, -0.25) is 9.78 Å². The molecule has 0 radical (unpaired) electrons. The van der Waals surface area contributed by atoms with Gasteiger partial charge in [0.05, 0.1) is 10.7 Å². The monoisotopic (exact) mass is 448 g/mol. The van der Waals surface area contributed by atoms with E-state index in [4.69, 9.17) is 0 Å². The Kier molecular flexibility index (Phi) is 6.53. The standard InChI is InChI=1S/C24H24N4OS2/c1-16-11-22(23-15-30-18(3)26-23)17(2)28(16)13-24(29)27-20-6-8-21(9-7-20)31-14-19-5-4-10-25-12-19/h4-12,15H,13-14H2,1-3H3,(H,27,29). The average molecular weight is 449 g/mol. The van der Waals surface area contributed by atoms with E-state index in [9.17, 15) is 4.79 Å². The maximum Gasteiger partial charge on any atom is 0.244 e. The molecule has 0 aliphatic carbocycles. The lowest BCUT2D eigenvalue weighted by atomic mass is 10.2. The molecule has 31 heavy (non-hydrogen) atoms. The summed E-state index contributed by atoms with van der Waals surface area (Å²) in [5.41, 5.74) is 6.16. The summed E-state index contributed by atoms with van der Waals surface area (Å²) in [6.45, 7) is 6.34. The summed E-state index contributed by atoms with van der Waals surface area (Å²) in [4.78, 5) is 22.6. The molecule has 4 rings (SSSR count). The third kappa shape index (κ3) is 5.24. The normalized spacial score (nSPS) is 10.9. The first-order chi connectivity index (χ1) is 15.0. The number of thiazole rings is 1. The zero-order valence-corrected chi connectivity index (χ0v) is 19.4. The van der Waals surface area contributed by atoms with Crippen LogP contribution in [0.3, 0.4) is 0 Å².